The van der Waals surface area contributed by atoms with E-state index in [0.717, 1.165) is 20.8 Å². The zero-order valence-corrected chi connectivity index (χ0v) is 30.7. The number of benzene rings is 4. The van der Waals surface area contributed by atoms with Crippen molar-refractivity contribution < 1.29 is 37.4 Å². The number of hydrogen-bond donors (Lipinski definition) is 0. The minimum atomic E-state index is -3.11. The van der Waals surface area contributed by atoms with E-state index in [4.69, 9.17) is 27.8 Å². The van der Waals surface area contributed by atoms with Crippen LogP contribution in [0.3, 0.4) is 0 Å². The van der Waals surface area contributed by atoms with Crippen molar-refractivity contribution in [3.63, 3.8) is 0 Å². The molecule has 0 saturated carbocycles. The maximum Gasteiger partial charge on any atom is 0.374 e. The average molecular weight is 711 g/mol. The van der Waals surface area contributed by atoms with Crippen molar-refractivity contribution in [2.24, 2.45) is 0 Å². The van der Waals surface area contributed by atoms with Gasteiger partial charge in [0, 0.05) is 4.90 Å². The Morgan fingerprint density at radius 1 is 0.760 bits per heavy atom. The van der Waals surface area contributed by atoms with Gasteiger partial charge < -0.3 is 27.8 Å². The van der Waals surface area contributed by atoms with Crippen molar-refractivity contribution in [1.29, 1.82) is 0 Å². The average Bonchev–Trinajstić information content (AvgIpc) is 3.61. The van der Waals surface area contributed by atoms with Crippen LogP contribution in [0.2, 0.25) is 5.04 Å². The summed E-state index contributed by atoms with van der Waals surface area (Å²) in [5.74, 6) is -0.797. The molecule has 0 unspecified atom stereocenters. The third-order valence-corrected chi connectivity index (χ3v) is 14.2. The molecule has 0 spiro atoms. The van der Waals surface area contributed by atoms with Crippen LogP contribution in [0.25, 0.3) is 0 Å². The Hall–Kier alpha value is -4.61. The molecule has 260 valence electrons. The van der Waals surface area contributed by atoms with Crippen LogP contribution in [-0.4, -0.2) is 53.3 Å². The predicted octanol–water partition coefficient (Wildman–Crippen LogP) is 7.30. The monoisotopic (exact) mass is 710 g/mol. The van der Waals surface area contributed by atoms with Crippen molar-refractivity contribution in [1.82, 2.24) is 0 Å². The Bertz CT molecular complexity index is 1770. The fourth-order valence-corrected chi connectivity index (χ4v) is 11.2. The normalized spacial score (nSPS) is 12.9. The first-order valence-electron chi connectivity index (χ1n) is 16.3. The molecule has 0 radical (unpaired) electrons. The van der Waals surface area contributed by atoms with Gasteiger partial charge in [-0.3, -0.25) is 0 Å². The van der Waals surface area contributed by atoms with Gasteiger partial charge in [-0.1, -0.05) is 124 Å². The van der Waals surface area contributed by atoms with Gasteiger partial charge in [-0.2, -0.15) is 0 Å². The highest BCUT2D eigenvalue weighted by atomic mass is 32.2. The summed E-state index contributed by atoms with van der Waals surface area (Å²) < 4.78 is 35.8. The van der Waals surface area contributed by atoms with E-state index in [9.17, 15) is 9.59 Å². The summed E-state index contributed by atoms with van der Waals surface area (Å²) in [5.41, 5.74) is 0.784. The summed E-state index contributed by atoms with van der Waals surface area (Å²) >= 11 is 1.38. The molecular weight excluding hydrogens is 669 g/mol. The third kappa shape index (κ3) is 8.75. The highest BCUT2D eigenvalue weighted by Crippen LogP contribution is 2.37. The molecule has 0 bridgehead atoms. The minimum absolute atomic E-state index is 0.0161. The van der Waals surface area contributed by atoms with Gasteiger partial charge >= 0.3 is 11.9 Å². The lowest BCUT2D eigenvalue weighted by Crippen LogP contribution is -2.67. The Balaban J connectivity index is 1.49. The van der Waals surface area contributed by atoms with E-state index in [1.54, 1.807) is 31.4 Å². The summed E-state index contributed by atoms with van der Waals surface area (Å²) in [5, 5.41) is 2.21. The number of ether oxygens (including phenoxy) is 4. The number of hydrogen-bond acceptors (Lipinski definition) is 9. The molecule has 0 saturated heterocycles. The quantitative estimate of drug-likeness (QED) is 0.0820. The number of furan rings is 1. The molecule has 1 heterocycles. The largest absolute Gasteiger partial charge is 0.497 e. The molecule has 0 fully saturated rings. The molecule has 0 aliphatic rings. The molecule has 2 atom stereocenters. The molecule has 1 aromatic heterocycles. The molecule has 5 rings (SSSR count). The third-order valence-electron chi connectivity index (χ3n) is 8.24. The number of carbonyl (C=O) groups is 2. The molecule has 0 N–H and O–H groups in total. The van der Waals surface area contributed by atoms with E-state index in [-0.39, 0.29) is 24.0 Å². The smallest absolute Gasteiger partial charge is 0.374 e. The van der Waals surface area contributed by atoms with Crippen LogP contribution < -0.4 is 15.1 Å². The van der Waals surface area contributed by atoms with Gasteiger partial charge in [0.05, 0.1) is 27.4 Å². The van der Waals surface area contributed by atoms with Gasteiger partial charge in [0.1, 0.15) is 5.75 Å². The van der Waals surface area contributed by atoms with E-state index in [2.05, 4.69) is 45.0 Å². The van der Waals surface area contributed by atoms with Crippen molar-refractivity contribution in [3.05, 3.63) is 139 Å². The van der Waals surface area contributed by atoms with Crippen LogP contribution in [0.1, 0.15) is 36.9 Å². The number of methoxy groups -OCH3 is 2. The summed E-state index contributed by atoms with van der Waals surface area (Å²) in [7, 11) is -0.249. The first-order chi connectivity index (χ1) is 24.1. The SMILES string of the molecule is COC(=O)[C@H](OCc1ccc(OC)cc1)[C@@H](CO[Si](c1ccccc1)(c1ccccc1)C(C)(C)C)OC(=O)c1ccc(Sc2ccccc2)o1. The van der Waals surface area contributed by atoms with E-state index < -0.39 is 32.5 Å². The Morgan fingerprint density at radius 2 is 1.34 bits per heavy atom. The highest BCUT2D eigenvalue weighted by Gasteiger charge is 2.51. The Morgan fingerprint density at radius 3 is 1.88 bits per heavy atom. The second kappa shape index (κ2) is 16.9. The first-order valence-corrected chi connectivity index (χ1v) is 19.0. The van der Waals surface area contributed by atoms with Crippen LogP contribution in [-0.2, 0) is 30.0 Å². The zero-order chi connectivity index (χ0) is 35.6. The molecule has 0 aliphatic carbocycles. The zero-order valence-electron chi connectivity index (χ0n) is 28.9. The van der Waals surface area contributed by atoms with Gasteiger partial charge in [0.25, 0.3) is 8.32 Å². The summed E-state index contributed by atoms with van der Waals surface area (Å²) in [6, 6.07) is 40.4. The van der Waals surface area contributed by atoms with Crippen molar-refractivity contribution in [3.8, 4) is 5.75 Å². The molecular formula is C40H42O8SSi. The van der Waals surface area contributed by atoms with Crippen molar-refractivity contribution in [2.75, 3.05) is 20.8 Å². The number of esters is 2. The maximum absolute atomic E-state index is 13.8. The summed E-state index contributed by atoms with van der Waals surface area (Å²) in [6.07, 6.45) is -2.53. The molecule has 0 amide bonds. The highest BCUT2D eigenvalue weighted by molar-refractivity contribution is 7.99. The molecule has 5 aromatic rings. The van der Waals surface area contributed by atoms with Crippen LogP contribution in [0.15, 0.2) is 142 Å². The number of carbonyl (C=O) groups excluding carboxylic acids is 2. The molecule has 0 aliphatic heterocycles. The van der Waals surface area contributed by atoms with E-state index >= 15 is 0 Å². The van der Waals surface area contributed by atoms with Crippen molar-refractivity contribution in [2.45, 2.75) is 54.6 Å². The predicted molar refractivity (Wildman–Crippen MR) is 196 cm³/mol. The summed E-state index contributed by atoms with van der Waals surface area (Å²) in [4.78, 5) is 28.1. The maximum atomic E-state index is 13.8. The first kappa shape index (κ1) is 36.7. The molecule has 4 aromatic carbocycles. The second-order valence-corrected chi connectivity index (χ2v) is 17.9. The van der Waals surface area contributed by atoms with Gasteiger partial charge in [-0.25, -0.2) is 9.59 Å². The topological polar surface area (TPSA) is 93.4 Å². The van der Waals surface area contributed by atoms with Crippen LogP contribution in [0.5, 0.6) is 5.75 Å². The van der Waals surface area contributed by atoms with Gasteiger partial charge in [0.15, 0.2) is 17.3 Å². The lowest BCUT2D eigenvalue weighted by atomic mass is 10.2. The van der Waals surface area contributed by atoms with E-state index in [1.165, 1.54) is 18.9 Å². The lowest BCUT2D eigenvalue weighted by molar-refractivity contribution is -0.165. The van der Waals surface area contributed by atoms with Crippen LogP contribution in [0, 0.1) is 0 Å². The Labute approximate surface area is 298 Å². The fourth-order valence-electron chi connectivity index (χ4n) is 5.79. The molecule has 10 heteroatoms. The van der Waals surface area contributed by atoms with E-state index in [1.807, 2.05) is 78.9 Å². The number of rotatable bonds is 15. The molecule has 50 heavy (non-hydrogen) atoms. The molecule has 8 nitrogen and oxygen atoms in total. The summed E-state index contributed by atoms with van der Waals surface area (Å²) in [6.45, 7) is 6.32. The van der Waals surface area contributed by atoms with Gasteiger partial charge in [0.2, 0.25) is 5.76 Å². The lowest BCUT2D eigenvalue weighted by Gasteiger charge is -2.43. The standard InChI is InChI=1S/C40H42O8SSi/c1-40(2,3)50(32-17-11-7-12-18-32,33-19-13-8-14-20-33)46-28-35(37(39(42)44-5)45-27-29-21-23-30(43-4)24-22-29)48-38(41)34-25-26-36(47-34)49-31-15-9-6-10-16-31/h6-26,35,37H,27-28H2,1-5H3/t35-,37-/m1/s1. The van der Waals surface area contributed by atoms with Crippen LogP contribution in [0.4, 0.5) is 0 Å². The van der Waals surface area contributed by atoms with E-state index in [0.29, 0.717) is 10.8 Å². The van der Waals surface area contributed by atoms with Crippen molar-refractivity contribution >= 4 is 42.4 Å². The Kier molecular flexibility index (Phi) is 12.4. The second-order valence-electron chi connectivity index (χ2n) is 12.6. The van der Waals surface area contributed by atoms with Gasteiger partial charge in [-0.15, -0.1) is 0 Å². The van der Waals surface area contributed by atoms with Crippen LogP contribution >= 0.6 is 11.8 Å². The van der Waals surface area contributed by atoms with Gasteiger partial charge in [-0.05, 0) is 57.4 Å². The fraction of sp³-hybridized carbons (Fsp3) is 0.250. The minimum Gasteiger partial charge on any atom is -0.497 e.